The number of aliphatic hydroxyl groups is 1. The zero-order valence-corrected chi connectivity index (χ0v) is 11.3. The smallest absolute Gasteiger partial charge is 0.387 e. The van der Waals surface area contributed by atoms with Gasteiger partial charge in [0.25, 0.3) is 0 Å². The third-order valence-corrected chi connectivity index (χ3v) is 3.34. The first-order chi connectivity index (χ1) is 9.00. The number of hydrogen-bond acceptors (Lipinski definition) is 3. The zero-order valence-electron chi connectivity index (χ0n) is 11.3. The Kier molecular flexibility index (Phi) is 6.18. The van der Waals surface area contributed by atoms with Gasteiger partial charge in [-0.05, 0) is 25.8 Å². The van der Waals surface area contributed by atoms with Gasteiger partial charge in [-0.1, -0.05) is 25.1 Å². The van der Waals surface area contributed by atoms with Crippen molar-refractivity contribution in [2.75, 3.05) is 6.61 Å². The monoisotopic (exact) mass is 273 g/mol. The van der Waals surface area contributed by atoms with E-state index in [1.54, 1.807) is 18.2 Å². The van der Waals surface area contributed by atoms with Gasteiger partial charge in [-0.2, -0.15) is 8.78 Å². The van der Waals surface area contributed by atoms with Gasteiger partial charge in [0, 0.05) is 24.3 Å². The Morgan fingerprint density at radius 3 is 2.63 bits per heavy atom. The first-order valence-electron chi connectivity index (χ1n) is 6.39. The Balaban J connectivity index is 2.71. The normalized spacial score (nSPS) is 14.4. The summed E-state index contributed by atoms with van der Waals surface area (Å²) in [7, 11) is 0. The first kappa shape index (κ1) is 15.9. The summed E-state index contributed by atoms with van der Waals surface area (Å²) in [6.45, 7) is 1.71. The van der Waals surface area contributed by atoms with Crippen LogP contribution >= 0.6 is 0 Å². The summed E-state index contributed by atoms with van der Waals surface area (Å²) in [5.41, 5.74) is 0.465. The van der Waals surface area contributed by atoms with Crippen LogP contribution in [0.2, 0.25) is 0 Å². The molecule has 0 radical (unpaired) electrons. The number of ether oxygens (including phenoxy) is 1. The van der Waals surface area contributed by atoms with E-state index in [-0.39, 0.29) is 17.9 Å². The van der Waals surface area contributed by atoms with Gasteiger partial charge in [0.05, 0.1) is 0 Å². The van der Waals surface area contributed by atoms with Crippen LogP contribution in [-0.4, -0.2) is 23.9 Å². The summed E-state index contributed by atoms with van der Waals surface area (Å²) in [6.07, 6.45) is 1.45. The molecule has 5 heteroatoms. The van der Waals surface area contributed by atoms with Gasteiger partial charge in [0.2, 0.25) is 0 Å². The van der Waals surface area contributed by atoms with E-state index in [1.807, 2.05) is 13.8 Å². The lowest BCUT2D eigenvalue weighted by molar-refractivity contribution is -0.0505. The van der Waals surface area contributed by atoms with E-state index in [9.17, 15) is 8.78 Å². The van der Waals surface area contributed by atoms with Crippen molar-refractivity contribution >= 4 is 0 Å². The molecule has 1 aromatic carbocycles. The number of hydrogen-bond donors (Lipinski definition) is 2. The van der Waals surface area contributed by atoms with E-state index in [4.69, 9.17) is 5.11 Å². The van der Waals surface area contributed by atoms with Crippen molar-refractivity contribution in [3.05, 3.63) is 29.8 Å². The summed E-state index contributed by atoms with van der Waals surface area (Å²) < 4.78 is 29.1. The van der Waals surface area contributed by atoms with Crippen molar-refractivity contribution in [1.82, 2.24) is 5.32 Å². The predicted molar refractivity (Wildman–Crippen MR) is 70.3 cm³/mol. The molecule has 19 heavy (non-hydrogen) atoms. The van der Waals surface area contributed by atoms with E-state index in [0.29, 0.717) is 18.5 Å². The average Bonchev–Trinajstić information content (AvgIpc) is 2.37. The number of nitrogens with one attached hydrogen (secondary N) is 1. The van der Waals surface area contributed by atoms with Crippen LogP contribution in [0.5, 0.6) is 5.75 Å². The molecule has 0 aliphatic carbocycles. The van der Waals surface area contributed by atoms with Crippen LogP contribution in [0.25, 0.3) is 0 Å². The largest absolute Gasteiger partial charge is 0.434 e. The Labute approximate surface area is 112 Å². The van der Waals surface area contributed by atoms with Crippen molar-refractivity contribution in [2.24, 2.45) is 0 Å². The molecule has 1 aromatic rings. The second-order valence-corrected chi connectivity index (χ2v) is 4.73. The number of aliphatic hydroxyl groups excluding tert-OH is 1. The highest BCUT2D eigenvalue weighted by molar-refractivity contribution is 5.33. The highest BCUT2D eigenvalue weighted by Crippen LogP contribution is 2.22. The molecule has 0 saturated carbocycles. The van der Waals surface area contributed by atoms with Crippen LogP contribution in [0, 0.1) is 0 Å². The minimum absolute atomic E-state index is 0.0898. The van der Waals surface area contributed by atoms with Crippen molar-refractivity contribution < 1.29 is 18.6 Å². The van der Waals surface area contributed by atoms with Crippen molar-refractivity contribution in [3.63, 3.8) is 0 Å². The fourth-order valence-corrected chi connectivity index (χ4v) is 1.81. The summed E-state index contributed by atoms with van der Waals surface area (Å²) in [4.78, 5) is 0. The van der Waals surface area contributed by atoms with Crippen molar-refractivity contribution in [3.8, 4) is 5.75 Å². The highest BCUT2D eigenvalue weighted by atomic mass is 19.3. The number of benzene rings is 1. The van der Waals surface area contributed by atoms with E-state index < -0.39 is 6.61 Å². The Morgan fingerprint density at radius 2 is 2.05 bits per heavy atom. The maximum absolute atomic E-state index is 12.3. The molecular weight excluding hydrogens is 252 g/mol. The highest BCUT2D eigenvalue weighted by Gasteiger charge is 2.21. The van der Waals surface area contributed by atoms with Crippen LogP contribution in [0.4, 0.5) is 8.78 Å². The molecule has 2 N–H and O–H groups in total. The average molecular weight is 273 g/mol. The van der Waals surface area contributed by atoms with Crippen LogP contribution in [0.1, 0.15) is 32.3 Å². The number of rotatable bonds is 8. The molecule has 0 spiro atoms. The molecule has 0 aliphatic rings. The van der Waals surface area contributed by atoms with Crippen LogP contribution in [-0.2, 0) is 6.54 Å². The van der Waals surface area contributed by atoms with Crippen molar-refractivity contribution in [1.29, 1.82) is 0 Å². The first-order valence-corrected chi connectivity index (χ1v) is 6.39. The van der Waals surface area contributed by atoms with Crippen LogP contribution in [0.15, 0.2) is 24.3 Å². The second kappa shape index (κ2) is 7.40. The topological polar surface area (TPSA) is 41.5 Å². The van der Waals surface area contributed by atoms with Gasteiger partial charge in [0.1, 0.15) is 5.75 Å². The summed E-state index contributed by atoms with van der Waals surface area (Å²) in [5.74, 6) is 0.187. The quantitative estimate of drug-likeness (QED) is 0.765. The van der Waals surface area contributed by atoms with E-state index in [0.717, 1.165) is 6.42 Å². The SMILES string of the molecule is CCC(C)(CCO)NCc1ccccc1OC(F)F. The lowest BCUT2D eigenvalue weighted by Gasteiger charge is -2.29. The Bertz CT molecular complexity index is 387. The molecule has 0 amide bonds. The van der Waals surface area contributed by atoms with Gasteiger partial charge < -0.3 is 15.2 Å². The molecular formula is C14H21F2NO2. The number of para-hydroxylation sites is 1. The van der Waals surface area contributed by atoms with Gasteiger partial charge >= 0.3 is 6.61 Å². The van der Waals surface area contributed by atoms with Gasteiger partial charge in [-0.3, -0.25) is 0 Å². The van der Waals surface area contributed by atoms with Gasteiger partial charge in [-0.25, -0.2) is 0 Å². The van der Waals surface area contributed by atoms with E-state index in [2.05, 4.69) is 10.1 Å². The zero-order chi connectivity index (χ0) is 14.3. The molecule has 1 atom stereocenters. The lowest BCUT2D eigenvalue weighted by atomic mass is 9.94. The summed E-state index contributed by atoms with van der Waals surface area (Å²) in [6, 6.07) is 6.72. The third-order valence-electron chi connectivity index (χ3n) is 3.34. The van der Waals surface area contributed by atoms with Gasteiger partial charge in [0.15, 0.2) is 0 Å². The minimum Gasteiger partial charge on any atom is -0.434 e. The fourth-order valence-electron chi connectivity index (χ4n) is 1.81. The van der Waals surface area contributed by atoms with Crippen LogP contribution in [0.3, 0.4) is 0 Å². The maximum atomic E-state index is 12.3. The Morgan fingerprint density at radius 1 is 1.37 bits per heavy atom. The van der Waals surface area contributed by atoms with E-state index in [1.165, 1.54) is 6.07 Å². The minimum atomic E-state index is -2.82. The molecule has 0 bridgehead atoms. The molecule has 0 aromatic heterocycles. The fraction of sp³-hybridized carbons (Fsp3) is 0.571. The maximum Gasteiger partial charge on any atom is 0.387 e. The summed E-state index contributed by atoms with van der Waals surface area (Å²) in [5, 5.41) is 12.3. The molecule has 1 unspecified atom stereocenters. The molecule has 1 rings (SSSR count). The third kappa shape index (κ3) is 5.12. The molecule has 3 nitrogen and oxygen atoms in total. The summed E-state index contributed by atoms with van der Waals surface area (Å²) >= 11 is 0. The van der Waals surface area contributed by atoms with E-state index >= 15 is 0 Å². The molecule has 0 heterocycles. The predicted octanol–water partition coefficient (Wildman–Crippen LogP) is 2.93. The van der Waals surface area contributed by atoms with Crippen molar-refractivity contribution in [2.45, 2.75) is 45.4 Å². The Hall–Kier alpha value is -1.20. The standard InChI is InChI=1S/C14H21F2NO2/c1-3-14(2,8-9-18)17-10-11-6-4-5-7-12(11)19-13(15)16/h4-7,13,17-18H,3,8-10H2,1-2H3. The molecule has 0 fully saturated rings. The number of halogens is 2. The van der Waals surface area contributed by atoms with Crippen LogP contribution < -0.4 is 10.1 Å². The molecule has 0 saturated heterocycles. The second-order valence-electron chi connectivity index (χ2n) is 4.73. The lowest BCUT2D eigenvalue weighted by Crippen LogP contribution is -2.42. The molecule has 0 aliphatic heterocycles. The number of alkyl halides is 2. The molecule has 108 valence electrons. The van der Waals surface area contributed by atoms with Gasteiger partial charge in [-0.15, -0.1) is 0 Å².